The number of hydrogen-bond acceptors (Lipinski definition) is 3. The second kappa shape index (κ2) is 3.48. The van der Waals surface area contributed by atoms with Gasteiger partial charge in [0.15, 0.2) is 0 Å². The molecule has 76 valence electrons. The Labute approximate surface area is 88.5 Å². The van der Waals surface area contributed by atoms with E-state index < -0.39 is 0 Å². The van der Waals surface area contributed by atoms with Gasteiger partial charge in [-0.15, -0.1) is 11.8 Å². The summed E-state index contributed by atoms with van der Waals surface area (Å²) < 4.78 is 0. The lowest BCUT2D eigenvalue weighted by Gasteiger charge is -2.39. The SMILES string of the molecule is CSc1ccc(O)c(C2(N)CCC2)c1. The molecule has 0 unspecified atom stereocenters. The zero-order valence-corrected chi connectivity index (χ0v) is 9.10. The molecule has 2 nitrogen and oxygen atoms in total. The summed E-state index contributed by atoms with van der Waals surface area (Å²) in [5, 5.41) is 9.74. The second-order valence-corrected chi connectivity index (χ2v) is 4.77. The van der Waals surface area contributed by atoms with Crippen molar-refractivity contribution in [2.75, 3.05) is 6.26 Å². The molecule has 0 bridgehead atoms. The van der Waals surface area contributed by atoms with E-state index in [9.17, 15) is 5.11 Å². The Bertz CT molecular complexity index is 347. The van der Waals surface area contributed by atoms with Crippen molar-refractivity contribution in [1.29, 1.82) is 0 Å². The van der Waals surface area contributed by atoms with Crippen molar-refractivity contribution in [3.05, 3.63) is 23.8 Å². The maximum atomic E-state index is 9.74. The first-order chi connectivity index (χ1) is 6.65. The number of aromatic hydroxyl groups is 1. The predicted octanol–water partition coefficient (Wildman–Crippen LogP) is 2.45. The van der Waals surface area contributed by atoms with Crippen molar-refractivity contribution in [1.82, 2.24) is 0 Å². The monoisotopic (exact) mass is 209 g/mol. The smallest absolute Gasteiger partial charge is 0.120 e. The zero-order valence-electron chi connectivity index (χ0n) is 8.29. The van der Waals surface area contributed by atoms with Crippen LogP contribution in [0.2, 0.25) is 0 Å². The van der Waals surface area contributed by atoms with Crippen LogP contribution in [0.25, 0.3) is 0 Å². The van der Waals surface area contributed by atoms with E-state index >= 15 is 0 Å². The van der Waals surface area contributed by atoms with E-state index in [0.29, 0.717) is 5.75 Å². The molecule has 1 aromatic rings. The van der Waals surface area contributed by atoms with Gasteiger partial charge in [0.05, 0.1) is 0 Å². The number of benzene rings is 1. The van der Waals surface area contributed by atoms with Gasteiger partial charge >= 0.3 is 0 Å². The van der Waals surface area contributed by atoms with Crippen LogP contribution in [0.5, 0.6) is 5.75 Å². The van der Waals surface area contributed by atoms with E-state index in [0.717, 1.165) is 23.3 Å². The fourth-order valence-corrected chi connectivity index (χ4v) is 2.31. The van der Waals surface area contributed by atoms with Crippen molar-refractivity contribution < 1.29 is 5.11 Å². The van der Waals surface area contributed by atoms with E-state index in [1.807, 2.05) is 18.4 Å². The molecule has 1 saturated carbocycles. The number of thioether (sulfide) groups is 1. The molecule has 1 aromatic carbocycles. The molecule has 0 aromatic heterocycles. The Balaban J connectivity index is 2.40. The standard InChI is InChI=1S/C11H15NOS/c1-14-8-3-4-10(13)9(7-8)11(12)5-2-6-11/h3-4,7,13H,2,5-6,12H2,1H3. The fourth-order valence-electron chi connectivity index (χ4n) is 1.87. The highest BCUT2D eigenvalue weighted by molar-refractivity contribution is 7.98. The normalized spacial score (nSPS) is 19.0. The lowest BCUT2D eigenvalue weighted by Crippen LogP contribution is -2.43. The van der Waals surface area contributed by atoms with Gasteiger partial charge < -0.3 is 10.8 Å². The molecule has 0 atom stereocenters. The van der Waals surface area contributed by atoms with Crippen LogP contribution < -0.4 is 5.73 Å². The first-order valence-corrected chi connectivity index (χ1v) is 6.04. The van der Waals surface area contributed by atoms with Crippen LogP contribution in [0.1, 0.15) is 24.8 Å². The van der Waals surface area contributed by atoms with Gasteiger partial charge in [0.25, 0.3) is 0 Å². The summed E-state index contributed by atoms with van der Waals surface area (Å²) >= 11 is 1.68. The summed E-state index contributed by atoms with van der Waals surface area (Å²) in [6.45, 7) is 0. The largest absolute Gasteiger partial charge is 0.508 e. The summed E-state index contributed by atoms with van der Waals surface area (Å²) in [4.78, 5) is 1.16. The number of rotatable bonds is 2. The molecule has 0 saturated heterocycles. The third-order valence-corrected chi connectivity index (χ3v) is 3.71. The van der Waals surface area contributed by atoms with E-state index in [1.54, 1.807) is 17.8 Å². The molecule has 0 heterocycles. The maximum Gasteiger partial charge on any atom is 0.120 e. The summed E-state index contributed by atoms with van der Waals surface area (Å²) in [6, 6.07) is 5.68. The Morgan fingerprint density at radius 1 is 1.43 bits per heavy atom. The van der Waals surface area contributed by atoms with Gasteiger partial charge in [-0.25, -0.2) is 0 Å². The molecule has 1 aliphatic rings. The zero-order chi connectivity index (χ0) is 10.2. The van der Waals surface area contributed by atoms with Crippen molar-refractivity contribution in [2.24, 2.45) is 5.73 Å². The highest BCUT2D eigenvalue weighted by atomic mass is 32.2. The molecule has 1 fully saturated rings. The third kappa shape index (κ3) is 1.51. The average Bonchev–Trinajstić information content (AvgIpc) is 2.15. The molecule has 2 rings (SSSR count). The van der Waals surface area contributed by atoms with Crippen molar-refractivity contribution in [2.45, 2.75) is 29.7 Å². The molecule has 3 N–H and O–H groups in total. The Morgan fingerprint density at radius 3 is 2.64 bits per heavy atom. The first-order valence-electron chi connectivity index (χ1n) is 4.82. The first kappa shape index (κ1) is 9.87. The minimum Gasteiger partial charge on any atom is -0.508 e. The van der Waals surface area contributed by atoms with E-state index in [2.05, 4.69) is 0 Å². The highest BCUT2D eigenvalue weighted by Crippen LogP contribution is 2.43. The number of phenolic OH excluding ortho intramolecular Hbond substituents is 1. The van der Waals surface area contributed by atoms with Gasteiger partial charge in [-0.1, -0.05) is 0 Å². The summed E-state index contributed by atoms with van der Waals surface area (Å²) in [5.41, 5.74) is 6.82. The third-order valence-electron chi connectivity index (χ3n) is 2.99. The lowest BCUT2D eigenvalue weighted by atomic mass is 9.72. The van der Waals surface area contributed by atoms with E-state index in [-0.39, 0.29) is 5.54 Å². The minimum absolute atomic E-state index is 0.268. The summed E-state index contributed by atoms with van der Waals surface area (Å²) in [7, 11) is 0. The van der Waals surface area contributed by atoms with Gasteiger partial charge in [-0.3, -0.25) is 0 Å². The predicted molar refractivity (Wildman–Crippen MR) is 59.6 cm³/mol. The van der Waals surface area contributed by atoms with Gasteiger partial charge in [-0.2, -0.15) is 0 Å². The van der Waals surface area contributed by atoms with Gasteiger partial charge in [0, 0.05) is 16.0 Å². The quantitative estimate of drug-likeness (QED) is 0.735. The van der Waals surface area contributed by atoms with Crippen LogP contribution in [0.15, 0.2) is 23.1 Å². The van der Waals surface area contributed by atoms with Crippen LogP contribution in [0.4, 0.5) is 0 Å². The summed E-state index contributed by atoms with van der Waals surface area (Å²) in [6.07, 6.45) is 5.16. The van der Waals surface area contributed by atoms with Crippen molar-refractivity contribution in [3.8, 4) is 5.75 Å². The topological polar surface area (TPSA) is 46.2 Å². The molecule has 1 aliphatic carbocycles. The van der Waals surface area contributed by atoms with Crippen molar-refractivity contribution >= 4 is 11.8 Å². The molecule has 0 spiro atoms. The molecule has 14 heavy (non-hydrogen) atoms. The molecule has 0 amide bonds. The van der Waals surface area contributed by atoms with Crippen LogP contribution in [-0.4, -0.2) is 11.4 Å². The average molecular weight is 209 g/mol. The van der Waals surface area contributed by atoms with Crippen molar-refractivity contribution in [3.63, 3.8) is 0 Å². The van der Waals surface area contributed by atoms with Crippen LogP contribution in [-0.2, 0) is 5.54 Å². The van der Waals surface area contributed by atoms with Crippen LogP contribution in [0, 0.1) is 0 Å². The Kier molecular flexibility index (Phi) is 2.45. The lowest BCUT2D eigenvalue weighted by molar-refractivity contribution is 0.245. The molecular weight excluding hydrogens is 194 g/mol. The molecule has 0 radical (unpaired) electrons. The minimum atomic E-state index is -0.268. The van der Waals surface area contributed by atoms with Gasteiger partial charge in [0.2, 0.25) is 0 Å². The molecule has 0 aliphatic heterocycles. The van der Waals surface area contributed by atoms with Gasteiger partial charge in [0.1, 0.15) is 5.75 Å². The number of phenols is 1. The second-order valence-electron chi connectivity index (χ2n) is 3.89. The Morgan fingerprint density at radius 2 is 2.14 bits per heavy atom. The van der Waals surface area contributed by atoms with Gasteiger partial charge in [-0.05, 0) is 43.7 Å². The van der Waals surface area contributed by atoms with Crippen LogP contribution >= 0.6 is 11.8 Å². The molecular formula is C11H15NOS. The summed E-state index contributed by atoms with van der Waals surface area (Å²) in [5.74, 6) is 0.338. The highest BCUT2D eigenvalue weighted by Gasteiger charge is 2.36. The van der Waals surface area contributed by atoms with Crippen LogP contribution in [0.3, 0.4) is 0 Å². The van der Waals surface area contributed by atoms with E-state index in [1.165, 1.54) is 6.42 Å². The van der Waals surface area contributed by atoms with E-state index in [4.69, 9.17) is 5.73 Å². The Hall–Kier alpha value is -0.670. The molecule has 3 heteroatoms. The number of hydrogen-bond donors (Lipinski definition) is 2. The maximum absolute atomic E-state index is 9.74. The number of nitrogens with two attached hydrogens (primary N) is 1. The fraction of sp³-hybridized carbons (Fsp3) is 0.455.